The van der Waals surface area contributed by atoms with E-state index in [1.165, 1.54) is 0 Å². The molecule has 1 aromatic carbocycles. The van der Waals surface area contributed by atoms with Gasteiger partial charge in [-0.05, 0) is 18.6 Å². The summed E-state index contributed by atoms with van der Waals surface area (Å²) in [6.45, 7) is 1.77. The molecule has 1 aliphatic heterocycles. The summed E-state index contributed by atoms with van der Waals surface area (Å²) in [5, 5.41) is 0. The monoisotopic (exact) mass is 217 g/mol. The standard InChI is InChI=1S/C12H11NO3/c1-2-8(7-14)13-11(15)9-5-3-4-6-10(9)12(13)16/h3-8H,2H2,1H3/t8-/m0/s1. The minimum Gasteiger partial charge on any atom is -0.301 e. The van der Waals surface area contributed by atoms with Gasteiger partial charge in [0.05, 0.1) is 17.2 Å². The van der Waals surface area contributed by atoms with Crippen LogP contribution in [0.25, 0.3) is 0 Å². The number of amides is 2. The summed E-state index contributed by atoms with van der Waals surface area (Å²) in [4.78, 5) is 35.7. The Morgan fingerprint density at radius 3 is 2.06 bits per heavy atom. The molecule has 0 aliphatic carbocycles. The van der Waals surface area contributed by atoms with Crippen LogP contribution in [0.1, 0.15) is 34.1 Å². The Bertz CT molecular complexity index is 432. The summed E-state index contributed by atoms with van der Waals surface area (Å²) in [7, 11) is 0. The highest BCUT2D eigenvalue weighted by atomic mass is 16.2. The smallest absolute Gasteiger partial charge is 0.262 e. The summed E-state index contributed by atoms with van der Waals surface area (Å²) in [6.07, 6.45) is 1.08. The van der Waals surface area contributed by atoms with E-state index in [4.69, 9.17) is 0 Å². The van der Waals surface area contributed by atoms with Crippen molar-refractivity contribution in [2.24, 2.45) is 0 Å². The van der Waals surface area contributed by atoms with Crippen LogP contribution in [0.5, 0.6) is 0 Å². The Kier molecular flexibility index (Phi) is 2.56. The SMILES string of the molecule is CC[C@@H](C=O)N1C(=O)c2ccccc2C1=O. The first-order valence-corrected chi connectivity index (χ1v) is 5.13. The summed E-state index contributed by atoms with van der Waals surface area (Å²) in [5.41, 5.74) is 0.764. The van der Waals surface area contributed by atoms with Crippen molar-refractivity contribution in [1.82, 2.24) is 4.90 Å². The summed E-state index contributed by atoms with van der Waals surface area (Å²) >= 11 is 0. The molecule has 16 heavy (non-hydrogen) atoms. The maximum absolute atomic E-state index is 11.9. The van der Waals surface area contributed by atoms with E-state index >= 15 is 0 Å². The predicted octanol–water partition coefficient (Wildman–Crippen LogP) is 1.26. The normalized spacial score (nSPS) is 16.2. The number of benzene rings is 1. The van der Waals surface area contributed by atoms with Gasteiger partial charge in [0, 0.05) is 0 Å². The molecule has 0 saturated carbocycles. The van der Waals surface area contributed by atoms with Gasteiger partial charge in [-0.25, -0.2) is 0 Å². The molecule has 0 radical (unpaired) electrons. The number of aldehydes is 1. The Morgan fingerprint density at radius 2 is 1.69 bits per heavy atom. The second-order valence-corrected chi connectivity index (χ2v) is 3.64. The minimum absolute atomic E-state index is 0.375. The van der Waals surface area contributed by atoms with Crippen molar-refractivity contribution in [3.05, 3.63) is 35.4 Å². The maximum Gasteiger partial charge on any atom is 0.262 e. The Labute approximate surface area is 92.9 Å². The van der Waals surface area contributed by atoms with Gasteiger partial charge in [0.25, 0.3) is 11.8 Å². The fourth-order valence-electron chi connectivity index (χ4n) is 1.85. The van der Waals surface area contributed by atoms with Crippen molar-refractivity contribution in [2.45, 2.75) is 19.4 Å². The number of nitrogens with zero attached hydrogens (tertiary/aromatic N) is 1. The fourth-order valence-corrected chi connectivity index (χ4v) is 1.85. The molecule has 0 aromatic heterocycles. The molecule has 1 aliphatic rings. The third-order valence-electron chi connectivity index (χ3n) is 2.73. The summed E-state index contributed by atoms with van der Waals surface area (Å²) in [5.74, 6) is -0.751. The van der Waals surface area contributed by atoms with Crippen molar-refractivity contribution in [2.75, 3.05) is 0 Å². The van der Waals surface area contributed by atoms with Gasteiger partial charge >= 0.3 is 0 Å². The van der Waals surface area contributed by atoms with Crippen LogP contribution in [-0.2, 0) is 4.79 Å². The molecule has 4 nitrogen and oxygen atoms in total. The average molecular weight is 217 g/mol. The lowest BCUT2D eigenvalue weighted by Gasteiger charge is -2.19. The van der Waals surface area contributed by atoms with Gasteiger partial charge in [-0.2, -0.15) is 0 Å². The van der Waals surface area contributed by atoms with Gasteiger partial charge in [-0.1, -0.05) is 19.1 Å². The van der Waals surface area contributed by atoms with Crippen LogP contribution in [0.4, 0.5) is 0 Å². The number of fused-ring (bicyclic) bond motifs is 1. The zero-order chi connectivity index (χ0) is 11.7. The van der Waals surface area contributed by atoms with Gasteiger partial charge in [-0.15, -0.1) is 0 Å². The van der Waals surface area contributed by atoms with Gasteiger partial charge in [-0.3, -0.25) is 14.5 Å². The Hall–Kier alpha value is -1.97. The van der Waals surface area contributed by atoms with Gasteiger partial charge in [0.1, 0.15) is 6.29 Å². The van der Waals surface area contributed by atoms with Crippen LogP contribution >= 0.6 is 0 Å². The van der Waals surface area contributed by atoms with Crippen LogP contribution in [-0.4, -0.2) is 29.0 Å². The molecule has 0 fully saturated rings. The lowest BCUT2D eigenvalue weighted by molar-refractivity contribution is -0.111. The summed E-state index contributed by atoms with van der Waals surface area (Å²) in [6, 6.07) is 5.96. The number of carbonyl (C=O) groups is 3. The number of imide groups is 1. The molecule has 1 heterocycles. The Balaban J connectivity index is 2.46. The predicted molar refractivity (Wildman–Crippen MR) is 57.1 cm³/mol. The van der Waals surface area contributed by atoms with Crippen LogP contribution in [0, 0.1) is 0 Å². The van der Waals surface area contributed by atoms with E-state index in [0.29, 0.717) is 23.8 Å². The van der Waals surface area contributed by atoms with E-state index in [1.54, 1.807) is 31.2 Å². The fraction of sp³-hybridized carbons (Fsp3) is 0.250. The van der Waals surface area contributed by atoms with E-state index in [2.05, 4.69) is 0 Å². The second-order valence-electron chi connectivity index (χ2n) is 3.64. The van der Waals surface area contributed by atoms with Gasteiger partial charge in [0.2, 0.25) is 0 Å². The number of rotatable bonds is 3. The van der Waals surface area contributed by atoms with E-state index in [0.717, 1.165) is 4.90 Å². The molecule has 4 heteroatoms. The highest BCUT2D eigenvalue weighted by molar-refractivity contribution is 6.22. The molecular weight excluding hydrogens is 206 g/mol. The number of hydrogen-bond donors (Lipinski definition) is 0. The first-order valence-electron chi connectivity index (χ1n) is 5.13. The van der Waals surface area contributed by atoms with Crippen molar-refractivity contribution in [1.29, 1.82) is 0 Å². The second kappa shape index (κ2) is 3.89. The number of carbonyl (C=O) groups excluding carboxylic acids is 3. The van der Waals surface area contributed by atoms with E-state index < -0.39 is 6.04 Å². The lowest BCUT2D eigenvalue weighted by atomic mass is 10.1. The topological polar surface area (TPSA) is 54.5 Å². The van der Waals surface area contributed by atoms with Crippen LogP contribution in [0.3, 0.4) is 0 Å². The molecule has 2 rings (SSSR count). The lowest BCUT2D eigenvalue weighted by Crippen LogP contribution is -2.40. The molecule has 0 unspecified atom stereocenters. The van der Waals surface area contributed by atoms with Gasteiger partial charge < -0.3 is 4.79 Å². The van der Waals surface area contributed by atoms with E-state index in [1.807, 2.05) is 0 Å². The van der Waals surface area contributed by atoms with Crippen molar-refractivity contribution in [3.8, 4) is 0 Å². The molecule has 1 aromatic rings. The molecule has 0 bridgehead atoms. The maximum atomic E-state index is 11.9. The largest absolute Gasteiger partial charge is 0.301 e. The van der Waals surface area contributed by atoms with E-state index in [9.17, 15) is 14.4 Å². The zero-order valence-corrected chi connectivity index (χ0v) is 8.84. The number of hydrogen-bond acceptors (Lipinski definition) is 3. The third-order valence-corrected chi connectivity index (χ3v) is 2.73. The average Bonchev–Trinajstić information content (AvgIpc) is 2.57. The molecular formula is C12H11NO3. The Morgan fingerprint density at radius 1 is 1.19 bits per heavy atom. The highest BCUT2D eigenvalue weighted by Crippen LogP contribution is 2.24. The van der Waals surface area contributed by atoms with E-state index in [-0.39, 0.29) is 11.8 Å². The van der Waals surface area contributed by atoms with Crippen LogP contribution in [0.15, 0.2) is 24.3 Å². The van der Waals surface area contributed by atoms with Crippen LogP contribution in [0.2, 0.25) is 0 Å². The third kappa shape index (κ3) is 1.34. The summed E-state index contributed by atoms with van der Waals surface area (Å²) < 4.78 is 0. The minimum atomic E-state index is -0.660. The quantitative estimate of drug-likeness (QED) is 0.565. The highest BCUT2D eigenvalue weighted by Gasteiger charge is 2.38. The van der Waals surface area contributed by atoms with Crippen molar-refractivity contribution >= 4 is 18.1 Å². The van der Waals surface area contributed by atoms with Crippen molar-refractivity contribution < 1.29 is 14.4 Å². The first kappa shape index (κ1) is 10.5. The van der Waals surface area contributed by atoms with Crippen LogP contribution < -0.4 is 0 Å². The zero-order valence-electron chi connectivity index (χ0n) is 8.84. The first-order chi connectivity index (χ1) is 7.70. The van der Waals surface area contributed by atoms with Gasteiger partial charge in [0.15, 0.2) is 0 Å². The molecule has 1 atom stereocenters. The molecule has 0 saturated heterocycles. The molecule has 0 N–H and O–H groups in total. The molecule has 2 amide bonds. The van der Waals surface area contributed by atoms with Crippen molar-refractivity contribution in [3.63, 3.8) is 0 Å². The molecule has 0 spiro atoms. The molecule has 82 valence electrons.